The molecule has 0 bridgehead atoms. The first kappa shape index (κ1) is 15.8. The van der Waals surface area contributed by atoms with Gasteiger partial charge in [-0.2, -0.15) is 24.5 Å². The Morgan fingerprint density at radius 2 is 2.05 bits per heavy atom. The Hall–Kier alpha value is -1.60. The van der Waals surface area contributed by atoms with Gasteiger partial charge < -0.3 is 11.1 Å². The van der Waals surface area contributed by atoms with Gasteiger partial charge in [0, 0.05) is 17.3 Å². The Morgan fingerprint density at radius 1 is 1.33 bits per heavy atom. The minimum atomic E-state index is -4.50. The van der Waals surface area contributed by atoms with Crippen LogP contribution in [0.25, 0.3) is 0 Å². The second kappa shape index (κ2) is 6.03. The standard InChI is InChI=1S/C14H13F3N2S2/c1-8(9-4-5-21-7-9)19-10-2-3-11(13(18)20)12(6-10)14(15,16)17/h2-8,19H,1H3,(H2,18,20). The van der Waals surface area contributed by atoms with Crippen LogP contribution >= 0.6 is 23.6 Å². The van der Waals surface area contributed by atoms with E-state index in [2.05, 4.69) is 17.5 Å². The minimum absolute atomic E-state index is 0.0898. The van der Waals surface area contributed by atoms with Gasteiger partial charge in [0.05, 0.1) is 5.56 Å². The van der Waals surface area contributed by atoms with Crippen LogP contribution < -0.4 is 11.1 Å². The highest BCUT2D eigenvalue weighted by molar-refractivity contribution is 7.80. The Balaban J connectivity index is 2.32. The van der Waals surface area contributed by atoms with Crippen LogP contribution in [0.3, 0.4) is 0 Å². The van der Waals surface area contributed by atoms with Gasteiger partial charge in [0.15, 0.2) is 0 Å². The molecule has 7 heteroatoms. The van der Waals surface area contributed by atoms with E-state index in [1.165, 1.54) is 17.4 Å². The quantitative estimate of drug-likeness (QED) is 0.806. The molecule has 0 saturated heterocycles. The van der Waals surface area contributed by atoms with Crippen molar-refractivity contribution in [3.05, 3.63) is 51.7 Å². The first-order valence-electron chi connectivity index (χ1n) is 6.08. The van der Waals surface area contributed by atoms with Gasteiger partial charge in [0.25, 0.3) is 0 Å². The molecule has 1 heterocycles. The van der Waals surface area contributed by atoms with Gasteiger partial charge >= 0.3 is 6.18 Å². The lowest BCUT2D eigenvalue weighted by Gasteiger charge is -2.18. The summed E-state index contributed by atoms with van der Waals surface area (Å²) in [6.45, 7) is 1.89. The highest BCUT2D eigenvalue weighted by Crippen LogP contribution is 2.34. The molecule has 0 spiro atoms. The molecule has 1 unspecified atom stereocenters. The fourth-order valence-electron chi connectivity index (χ4n) is 1.94. The van der Waals surface area contributed by atoms with Crippen LogP contribution in [0.1, 0.15) is 29.7 Å². The summed E-state index contributed by atoms with van der Waals surface area (Å²) in [5.74, 6) is 0. The van der Waals surface area contributed by atoms with Gasteiger partial charge in [-0.25, -0.2) is 0 Å². The summed E-state index contributed by atoms with van der Waals surface area (Å²) in [5, 5.41) is 6.92. The largest absolute Gasteiger partial charge is 0.417 e. The molecule has 21 heavy (non-hydrogen) atoms. The van der Waals surface area contributed by atoms with Crippen molar-refractivity contribution in [3.8, 4) is 0 Å². The lowest BCUT2D eigenvalue weighted by Crippen LogP contribution is -2.18. The number of hydrogen-bond acceptors (Lipinski definition) is 3. The van der Waals surface area contributed by atoms with E-state index in [4.69, 9.17) is 5.73 Å². The first-order valence-corrected chi connectivity index (χ1v) is 7.44. The predicted molar refractivity (Wildman–Crippen MR) is 83.7 cm³/mol. The third-order valence-electron chi connectivity index (χ3n) is 3.02. The molecule has 0 aliphatic heterocycles. The molecule has 2 rings (SSSR count). The summed E-state index contributed by atoms with van der Waals surface area (Å²) in [6, 6.07) is 5.72. The molecule has 0 radical (unpaired) electrons. The number of benzene rings is 1. The van der Waals surface area contributed by atoms with Gasteiger partial charge in [-0.1, -0.05) is 12.2 Å². The molecule has 2 aromatic rings. The predicted octanol–water partition coefficient (Wildman–Crippen LogP) is 4.57. The molecule has 1 aromatic heterocycles. The molecule has 3 N–H and O–H groups in total. The smallest absolute Gasteiger partial charge is 0.389 e. The minimum Gasteiger partial charge on any atom is -0.389 e. The number of rotatable bonds is 4. The SMILES string of the molecule is CC(Nc1ccc(C(N)=S)c(C(F)(F)F)c1)c1ccsc1. The topological polar surface area (TPSA) is 38.0 Å². The molecule has 2 nitrogen and oxygen atoms in total. The lowest BCUT2D eigenvalue weighted by molar-refractivity contribution is -0.137. The molecule has 1 aromatic carbocycles. The van der Waals surface area contributed by atoms with Crippen LogP contribution in [0.5, 0.6) is 0 Å². The fourth-order valence-corrected chi connectivity index (χ4v) is 2.87. The number of thiophene rings is 1. The molecule has 1 atom stereocenters. The summed E-state index contributed by atoms with van der Waals surface area (Å²) >= 11 is 6.21. The zero-order valence-electron chi connectivity index (χ0n) is 11.1. The summed E-state index contributed by atoms with van der Waals surface area (Å²) in [7, 11) is 0. The van der Waals surface area contributed by atoms with Gasteiger partial charge in [-0.3, -0.25) is 0 Å². The fraction of sp³-hybridized carbons (Fsp3) is 0.214. The zero-order valence-corrected chi connectivity index (χ0v) is 12.7. The number of anilines is 1. The maximum atomic E-state index is 13.1. The van der Waals surface area contributed by atoms with Crippen molar-refractivity contribution in [2.75, 3.05) is 5.32 Å². The number of alkyl halides is 3. The third kappa shape index (κ3) is 3.74. The molecular formula is C14H13F3N2S2. The lowest BCUT2D eigenvalue weighted by atomic mass is 10.1. The molecule has 0 saturated carbocycles. The summed E-state index contributed by atoms with van der Waals surface area (Å²) in [4.78, 5) is -0.264. The Labute approximate surface area is 129 Å². The number of halogens is 3. The molecule has 0 fully saturated rings. The van der Waals surface area contributed by atoms with Crippen LogP contribution in [-0.2, 0) is 6.18 Å². The Kier molecular flexibility index (Phi) is 4.53. The van der Waals surface area contributed by atoms with Crippen LogP contribution in [0.4, 0.5) is 18.9 Å². The maximum absolute atomic E-state index is 13.1. The van der Waals surface area contributed by atoms with Gasteiger partial charge in [-0.05, 0) is 47.5 Å². The van der Waals surface area contributed by atoms with Crippen molar-refractivity contribution >= 4 is 34.2 Å². The van der Waals surface area contributed by atoms with Crippen molar-refractivity contribution in [2.24, 2.45) is 5.73 Å². The summed E-state index contributed by atoms with van der Waals surface area (Å²) in [6.07, 6.45) is -4.50. The summed E-state index contributed by atoms with van der Waals surface area (Å²) in [5.41, 5.74) is 5.77. The Bertz CT molecular complexity index is 636. The van der Waals surface area contributed by atoms with E-state index in [0.717, 1.165) is 11.6 Å². The normalized spacial score (nSPS) is 13.0. The van der Waals surface area contributed by atoms with E-state index in [1.807, 2.05) is 23.8 Å². The van der Waals surface area contributed by atoms with E-state index in [1.54, 1.807) is 6.07 Å². The average molecular weight is 330 g/mol. The second-order valence-electron chi connectivity index (χ2n) is 4.55. The van der Waals surface area contributed by atoms with E-state index in [-0.39, 0.29) is 16.6 Å². The van der Waals surface area contributed by atoms with E-state index >= 15 is 0 Å². The molecule has 112 valence electrons. The summed E-state index contributed by atoms with van der Waals surface area (Å²) < 4.78 is 39.2. The highest BCUT2D eigenvalue weighted by Gasteiger charge is 2.34. The van der Waals surface area contributed by atoms with Crippen molar-refractivity contribution in [2.45, 2.75) is 19.1 Å². The maximum Gasteiger partial charge on any atom is 0.417 e. The van der Waals surface area contributed by atoms with Crippen LogP contribution in [0.2, 0.25) is 0 Å². The van der Waals surface area contributed by atoms with Gasteiger partial charge in [0.2, 0.25) is 0 Å². The van der Waals surface area contributed by atoms with Crippen molar-refractivity contribution in [3.63, 3.8) is 0 Å². The number of nitrogens with one attached hydrogen (secondary N) is 1. The van der Waals surface area contributed by atoms with Crippen LogP contribution in [0, 0.1) is 0 Å². The van der Waals surface area contributed by atoms with Crippen LogP contribution in [-0.4, -0.2) is 4.99 Å². The van der Waals surface area contributed by atoms with E-state index in [0.29, 0.717) is 5.69 Å². The number of hydrogen-bond donors (Lipinski definition) is 2. The Morgan fingerprint density at radius 3 is 2.57 bits per heavy atom. The van der Waals surface area contributed by atoms with Crippen molar-refractivity contribution in [1.82, 2.24) is 0 Å². The number of nitrogens with two attached hydrogens (primary N) is 1. The van der Waals surface area contributed by atoms with Gasteiger partial charge in [0.1, 0.15) is 4.99 Å². The molecule has 0 aliphatic carbocycles. The van der Waals surface area contributed by atoms with E-state index in [9.17, 15) is 13.2 Å². The zero-order chi connectivity index (χ0) is 15.6. The second-order valence-corrected chi connectivity index (χ2v) is 5.76. The molecule has 0 aliphatic rings. The third-order valence-corrected chi connectivity index (χ3v) is 3.94. The molecular weight excluding hydrogens is 317 g/mol. The first-order chi connectivity index (χ1) is 9.79. The monoisotopic (exact) mass is 330 g/mol. The van der Waals surface area contributed by atoms with Gasteiger partial charge in [-0.15, -0.1) is 0 Å². The molecule has 0 amide bonds. The highest BCUT2D eigenvalue weighted by atomic mass is 32.1. The van der Waals surface area contributed by atoms with Crippen LogP contribution in [0.15, 0.2) is 35.0 Å². The van der Waals surface area contributed by atoms with E-state index < -0.39 is 11.7 Å². The number of thiocarbonyl (C=S) groups is 1. The van der Waals surface area contributed by atoms with Crippen molar-refractivity contribution < 1.29 is 13.2 Å². The average Bonchev–Trinajstić information content (AvgIpc) is 2.91. The van der Waals surface area contributed by atoms with Crippen molar-refractivity contribution in [1.29, 1.82) is 0 Å².